The van der Waals surface area contributed by atoms with E-state index in [1.807, 2.05) is 26.8 Å². The van der Waals surface area contributed by atoms with Crippen molar-refractivity contribution in [2.24, 2.45) is 5.73 Å². The molecular weight excluding hydrogens is 238 g/mol. The zero-order valence-corrected chi connectivity index (χ0v) is 12.0. The predicted octanol–water partition coefficient (Wildman–Crippen LogP) is 2.39. The molecule has 1 aromatic rings. The number of esters is 1. The lowest BCUT2D eigenvalue weighted by atomic mass is 9.87. The van der Waals surface area contributed by atoms with Gasteiger partial charge in [-0.05, 0) is 56.7 Å². The van der Waals surface area contributed by atoms with Crippen molar-refractivity contribution >= 4 is 5.97 Å². The Hall–Kier alpha value is -1.35. The van der Waals surface area contributed by atoms with E-state index >= 15 is 0 Å². The third-order valence-electron chi connectivity index (χ3n) is 3.31. The summed E-state index contributed by atoms with van der Waals surface area (Å²) in [6, 6.07) is 6.53. The lowest BCUT2D eigenvalue weighted by Crippen LogP contribution is -2.28. The summed E-state index contributed by atoms with van der Waals surface area (Å²) in [5.41, 5.74) is 9.24. The molecule has 1 aliphatic rings. The normalized spacial score (nSPS) is 18.8. The second-order valence-electron chi connectivity index (χ2n) is 6.37. The van der Waals surface area contributed by atoms with E-state index in [1.54, 1.807) is 0 Å². The molecule has 0 fully saturated rings. The van der Waals surface area contributed by atoms with Gasteiger partial charge in [0.2, 0.25) is 0 Å². The summed E-state index contributed by atoms with van der Waals surface area (Å²) in [7, 11) is 0. The fraction of sp³-hybridized carbons (Fsp3) is 0.562. The van der Waals surface area contributed by atoms with Crippen molar-refractivity contribution in [3.05, 3.63) is 34.9 Å². The Morgan fingerprint density at radius 3 is 2.79 bits per heavy atom. The van der Waals surface area contributed by atoms with E-state index in [-0.39, 0.29) is 12.0 Å². The molecule has 1 aliphatic carbocycles. The highest BCUT2D eigenvalue weighted by Gasteiger charge is 2.18. The van der Waals surface area contributed by atoms with Crippen LogP contribution in [-0.4, -0.2) is 17.6 Å². The zero-order chi connectivity index (χ0) is 14.0. The van der Waals surface area contributed by atoms with E-state index in [0.717, 1.165) is 24.8 Å². The molecule has 0 saturated carbocycles. The number of carbonyl (C=O) groups is 1. The molecule has 0 radical (unpaired) electrons. The van der Waals surface area contributed by atoms with Crippen LogP contribution in [0, 0.1) is 0 Å². The van der Waals surface area contributed by atoms with Gasteiger partial charge in [0.1, 0.15) is 5.60 Å². The second-order valence-corrected chi connectivity index (χ2v) is 6.37. The molecule has 0 aliphatic heterocycles. The first-order valence-electron chi connectivity index (χ1n) is 6.91. The summed E-state index contributed by atoms with van der Waals surface area (Å²) in [6.45, 7) is 5.66. The van der Waals surface area contributed by atoms with E-state index < -0.39 is 5.60 Å². The van der Waals surface area contributed by atoms with Gasteiger partial charge in [0.15, 0.2) is 0 Å². The highest BCUT2D eigenvalue weighted by molar-refractivity contribution is 5.73. The molecule has 0 bridgehead atoms. The molecule has 0 spiro atoms. The van der Waals surface area contributed by atoms with Gasteiger partial charge in [-0.15, -0.1) is 0 Å². The fourth-order valence-electron chi connectivity index (χ4n) is 2.49. The number of aryl methyl sites for hydroxylation is 1. The molecule has 1 aromatic carbocycles. The van der Waals surface area contributed by atoms with Crippen LogP contribution in [0.2, 0.25) is 0 Å². The molecule has 1 atom stereocenters. The maximum Gasteiger partial charge on any atom is 0.310 e. The maximum absolute atomic E-state index is 11.8. The zero-order valence-electron chi connectivity index (χ0n) is 12.0. The first-order chi connectivity index (χ1) is 8.83. The minimum Gasteiger partial charge on any atom is -0.460 e. The van der Waals surface area contributed by atoms with Crippen molar-refractivity contribution in [3.63, 3.8) is 0 Å². The lowest BCUT2D eigenvalue weighted by molar-refractivity contribution is -0.153. The number of hydrogen-bond acceptors (Lipinski definition) is 3. The molecule has 3 nitrogen and oxygen atoms in total. The number of ether oxygens (including phenoxy) is 1. The van der Waals surface area contributed by atoms with Gasteiger partial charge in [0.05, 0.1) is 6.42 Å². The average molecular weight is 261 g/mol. The van der Waals surface area contributed by atoms with Crippen LogP contribution in [0.25, 0.3) is 0 Å². The summed E-state index contributed by atoms with van der Waals surface area (Å²) < 4.78 is 5.34. The van der Waals surface area contributed by atoms with Gasteiger partial charge in [0.25, 0.3) is 0 Å². The molecule has 104 valence electrons. The number of hydrogen-bond donors (Lipinski definition) is 1. The van der Waals surface area contributed by atoms with Crippen molar-refractivity contribution in [2.45, 2.75) is 58.1 Å². The summed E-state index contributed by atoms with van der Waals surface area (Å²) >= 11 is 0. The van der Waals surface area contributed by atoms with Crippen LogP contribution in [-0.2, 0) is 28.8 Å². The number of nitrogens with two attached hydrogens (primary N) is 1. The van der Waals surface area contributed by atoms with Crippen molar-refractivity contribution in [2.75, 3.05) is 0 Å². The third-order valence-corrected chi connectivity index (χ3v) is 3.31. The highest BCUT2D eigenvalue weighted by atomic mass is 16.6. The van der Waals surface area contributed by atoms with Crippen LogP contribution in [0.1, 0.15) is 43.9 Å². The van der Waals surface area contributed by atoms with E-state index in [0.29, 0.717) is 6.42 Å². The Labute approximate surface area is 115 Å². The topological polar surface area (TPSA) is 52.3 Å². The fourth-order valence-corrected chi connectivity index (χ4v) is 2.49. The number of rotatable bonds is 2. The van der Waals surface area contributed by atoms with Gasteiger partial charge in [0, 0.05) is 6.04 Å². The first kappa shape index (κ1) is 14.1. The molecule has 0 aromatic heterocycles. The van der Waals surface area contributed by atoms with Crippen LogP contribution in [0.15, 0.2) is 18.2 Å². The van der Waals surface area contributed by atoms with E-state index in [1.165, 1.54) is 11.1 Å². The van der Waals surface area contributed by atoms with Gasteiger partial charge in [-0.25, -0.2) is 0 Å². The Morgan fingerprint density at radius 1 is 1.37 bits per heavy atom. The van der Waals surface area contributed by atoms with Gasteiger partial charge >= 0.3 is 5.97 Å². The lowest BCUT2D eigenvalue weighted by Gasteiger charge is -2.22. The Morgan fingerprint density at radius 2 is 2.11 bits per heavy atom. The molecule has 3 heteroatoms. The Balaban J connectivity index is 2.04. The summed E-state index contributed by atoms with van der Waals surface area (Å²) in [5, 5.41) is 0. The van der Waals surface area contributed by atoms with Crippen molar-refractivity contribution in [1.82, 2.24) is 0 Å². The van der Waals surface area contributed by atoms with Gasteiger partial charge < -0.3 is 10.5 Å². The van der Waals surface area contributed by atoms with Crippen LogP contribution in [0.3, 0.4) is 0 Å². The van der Waals surface area contributed by atoms with Crippen molar-refractivity contribution in [1.29, 1.82) is 0 Å². The largest absolute Gasteiger partial charge is 0.460 e. The SMILES string of the molecule is CC(C)(C)OC(=O)Cc1ccc2c(c1)CCC(N)C2. The summed E-state index contributed by atoms with van der Waals surface area (Å²) in [6.07, 6.45) is 3.33. The quantitative estimate of drug-likeness (QED) is 0.832. The Kier molecular flexibility index (Phi) is 3.95. The second kappa shape index (κ2) is 5.33. The molecule has 0 saturated heterocycles. The van der Waals surface area contributed by atoms with Crippen LogP contribution >= 0.6 is 0 Å². The van der Waals surface area contributed by atoms with Crippen LogP contribution in [0.4, 0.5) is 0 Å². The van der Waals surface area contributed by atoms with Gasteiger partial charge in [-0.1, -0.05) is 18.2 Å². The molecule has 2 N–H and O–H groups in total. The smallest absolute Gasteiger partial charge is 0.310 e. The minimum absolute atomic E-state index is 0.167. The Bertz CT molecular complexity index is 474. The van der Waals surface area contributed by atoms with Crippen molar-refractivity contribution in [3.8, 4) is 0 Å². The van der Waals surface area contributed by atoms with Crippen LogP contribution < -0.4 is 5.73 Å². The third kappa shape index (κ3) is 4.06. The van der Waals surface area contributed by atoms with E-state index in [2.05, 4.69) is 12.1 Å². The molecule has 2 rings (SSSR count). The van der Waals surface area contributed by atoms with Crippen molar-refractivity contribution < 1.29 is 9.53 Å². The number of benzene rings is 1. The number of fused-ring (bicyclic) bond motifs is 1. The van der Waals surface area contributed by atoms with Crippen LogP contribution in [0.5, 0.6) is 0 Å². The maximum atomic E-state index is 11.8. The molecule has 0 amide bonds. The summed E-state index contributed by atoms with van der Waals surface area (Å²) in [5.74, 6) is -0.167. The van der Waals surface area contributed by atoms with Gasteiger partial charge in [-0.3, -0.25) is 4.79 Å². The molecular formula is C16H23NO2. The summed E-state index contributed by atoms with van der Waals surface area (Å²) in [4.78, 5) is 11.8. The molecule has 19 heavy (non-hydrogen) atoms. The highest BCUT2D eigenvalue weighted by Crippen LogP contribution is 2.22. The van der Waals surface area contributed by atoms with E-state index in [4.69, 9.17) is 10.5 Å². The first-order valence-corrected chi connectivity index (χ1v) is 6.91. The van der Waals surface area contributed by atoms with Gasteiger partial charge in [-0.2, -0.15) is 0 Å². The predicted molar refractivity (Wildman–Crippen MR) is 76.0 cm³/mol. The molecule has 0 heterocycles. The molecule has 1 unspecified atom stereocenters. The monoisotopic (exact) mass is 261 g/mol. The standard InChI is InChI=1S/C16H23NO2/c1-16(2,3)19-15(18)9-11-4-5-13-10-14(17)7-6-12(13)8-11/h4-5,8,14H,6-7,9-10,17H2,1-3H3. The minimum atomic E-state index is -0.419. The van der Waals surface area contributed by atoms with E-state index in [9.17, 15) is 4.79 Å². The average Bonchev–Trinajstić information content (AvgIpc) is 2.26. The number of carbonyl (C=O) groups excluding carboxylic acids is 1.